The first kappa shape index (κ1) is 51.9. The minimum absolute atomic E-state index is 0.0952. The van der Waals surface area contributed by atoms with Crippen molar-refractivity contribution in [3.8, 4) is 0 Å². The molecule has 1 unspecified atom stereocenters. The Morgan fingerprint density at radius 2 is 1.07 bits per heavy atom. The lowest BCUT2D eigenvalue weighted by Crippen LogP contribution is -2.29. The van der Waals surface area contributed by atoms with Crippen molar-refractivity contribution < 1.29 is 52.9 Å². The Morgan fingerprint density at radius 3 is 1.61 bits per heavy atom. The van der Waals surface area contributed by atoms with Crippen LogP contribution in [-0.2, 0) is 32.7 Å². The lowest BCUT2D eigenvalue weighted by atomic mass is 10.0. The van der Waals surface area contributed by atoms with E-state index in [4.69, 9.17) is 19.1 Å². The number of aliphatic hydroxyl groups excluding tert-OH is 3. The Kier molecular flexibility index (Phi) is 36.3. The fourth-order valence-electron chi connectivity index (χ4n) is 5.26. The second kappa shape index (κ2) is 37.8. The molecule has 0 bridgehead atoms. The Bertz CT molecular complexity index is 1060. The summed E-state index contributed by atoms with van der Waals surface area (Å²) >= 11 is 0. The molecule has 0 aromatic heterocycles. The number of esters is 2. The minimum Gasteiger partial charge on any atom is -0.462 e. The number of phosphoric ester groups is 1. The summed E-state index contributed by atoms with van der Waals surface area (Å²) in [4.78, 5) is 34.9. The van der Waals surface area contributed by atoms with E-state index in [0.29, 0.717) is 19.3 Å². The maximum absolute atomic E-state index is 12.6. The summed E-state index contributed by atoms with van der Waals surface area (Å²) in [5.41, 5.74) is 0. The summed E-state index contributed by atoms with van der Waals surface area (Å²) in [6.45, 7) is 2.02. The summed E-state index contributed by atoms with van der Waals surface area (Å²) in [5, 5.41) is 27.8. The van der Waals surface area contributed by atoms with Crippen LogP contribution in [0.15, 0.2) is 48.6 Å². The molecule has 4 atom stereocenters. The van der Waals surface area contributed by atoms with Gasteiger partial charge in [0.1, 0.15) is 12.7 Å². The van der Waals surface area contributed by atoms with Crippen molar-refractivity contribution in [1.82, 2.24) is 0 Å². The number of aliphatic hydroxyl groups is 3. The van der Waals surface area contributed by atoms with Crippen molar-refractivity contribution in [2.75, 3.05) is 26.4 Å². The van der Waals surface area contributed by atoms with Crippen LogP contribution in [0.25, 0.3) is 0 Å². The largest absolute Gasteiger partial charge is 0.472 e. The van der Waals surface area contributed by atoms with E-state index in [0.717, 1.165) is 57.8 Å². The first-order valence-electron chi connectivity index (χ1n) is 20.7. The molecule has 0 heterocycles. The van der Waals surface area contributed by atoms with Crippen LogP contribution < -0.4 is 0 Å². The lowest BCUT2D eigenvalue weighted by Gasteiger charge is -2.20. The summed E-state index contributed by atoms with van der Waals surface area (Å²) in [6, 6.07) is 0. The second-order valence-corrected chi connectivity index (χ2v) is 15.3. The molecule has 0 aliphatic heterocycles. The third-order valence-electron chi connectivity index (χ3n) is 8.65. The number of carbonyl (C=O) groups excluding carboxylic acids is 2. The summed E-state index contributed by atoms with van der Waals surface area (Å²) in [5.74, 6) is -1.01. The second-order valence-electron chi connectivity index (χ2n) is 13.8. The highest BCUT2D eigenvalue weighted by Gasteiger charge is 2.27. The Labute approximate surface area is 326 Å². The van der Waals surface area contributed by atoms with Crippen molar-refractivity contribution >= 4 is 19.8 Å². The van der Waals surface area contributed by atoms with E-state index in [1.807, 2.05) is 19.1 Å². The van der Waals surface area contributed by atoms with Gasteiger partial charge in [0, 0.05) is 12.8 Å². The highest BCUT2D eigenvalue weighted by molar-refractivity contribution is 7.47. The van der Waals surface area contributed by atoms with Crippen LogP contribution >= 0.6 is 7.82 Å². The van der Waals surface area contributed by atoms with Gasteiger partial charge in [-0.05, 0) is 57.8 Å². The van der Waals surface area contributed by atoms with E-state index in [2.05, 4.69) is 47.9 Å². The summed E-state index contributed by atoms with van der Waals surface area (Å²) in [7, 11) is -4.64. The molecule has 0 aromatic rings. The van der Waals surface area contributed by atoms with Crippen molar-refractivity contribution in [3.05, 3.63) is 48.6 Å². The van der Waals surface area contributed by atoms with Crippen LogP contribution in [0, 0.1) is 0 Å². The molecule has 0 aliphatic carbocycles. The van der Waals surface area contributed by atoms with Gasteiger partial charge in [-0.1, -0.05) is 140 Å². The summed E-state index contributed by atoms with van der Waals surface area (Å²) in [6.07, 6.45) is 36.0. The fourth-order valence-corrected chi connectivity index (χ4v) is 6.05. The van der Waals surface area contributed by atoms with Crippen LogP contribution in [0.3, 0.4) is 0 Å². The number of hydrogen-bond donors (Lipinski definition) is 4. The monoisotopic (exact) mass is 787 g/mol. The predicted octanol–water partition coefficient (Wildman–Crippen LogP) is 9.53. The molecule has 0 amide bonds. The van der Waals surface area contributed by atoms with E-state index in [1.54, 1.807) is 0 Å². The highest BCUT2D eigenvalue weighted by Crippen LogP contribution is 2.43. The van der Waals surface area contributed by atoms with Crippen LogP contribution in [0.4, 0.5) is 0 Å². The van der Waals surface area contributed by atoms with E-state index >= 15 is 0 Å². The zero-order valence-electron chi connectivity index (χ0n) is 33.5. The van der Waals surface area contributed by atoms with Crippen molar-refractivity contribution in [1.29, 1.82) is 0 Å². The molecule has 0 aromatic carbocycles. The minimum atomic E-state index is -4.64. The number of ether oxygens (including phenoxy) is 2. The molecule has 0 fully saturated rings. The molecule has 314 valence electrons. The number of rotatable bonds is 38. The number of allylic oxidation sites excluding steroid dienone is 8. The molecule has 11 nitrogen and oxygen atoms in total. The average molecular weight is 787 g/mol. The molecular formula is C42H75O11P. The van der Waals surface area contributed by atoms with E-state index in [1.165, 1.54) is 57.8 Å². The zero-order valence-corrected chi connectivity index (χ0v) is 34.4. The van der Waals surface area contributed by atoms with Crippen molar-refractivity contribution in [3.63, 3.8) is 0 Å². The normalized spacial score (nSPS) is 15.0. The number of carbonyl (C=O) groups is 2. The molecule has 12 heteroatoms. The maximum Gasteiger partial charge on any atom is 0.472 e. The van der Waals surface area contributed by atoms with Crippen LogP contribution in [0.2, 0.25) is 0 Å². The van der Waals surface area contributed by atoms with Crippen LogP contribution in [0.1, 0.15) is 162 Å². The van der Waals surface area contributed by atoms with E-state index in [9.17, 15) is 29.3 Å². The molecule has 0 saturated heterocycles. The third kappa shape index (κ3) is 36.8. The number of phosphoric acid groups is 1. The standard InChI is InChI=1S/C42H75O11P/c1-3-5-6-7-8-9-10-13-17-20-23-26-29-32-41(46)50-36-40(37-52-54(48,49)51-35-39(45)34-43)53-42(47)33-30-27-24-21-18-15-12-11-14-16-19-22-25-28-31-38(44)4-2/h12,14-16,21-22,24-25,38-40,43-45H,3-11,13,17-20,23,26-37H2,1-2H3,(H,48,49)/b15-12-,16-14-,24-21-,25-22-/t38-,39+,40-/m1/s1. The Morgan fingerprint density at radius 1 is 0.593 bits per heavy atom. The summed E-state index contributed by atoms with van der Waals surface area (Å²) < 4.78 is 32.6. The molecule has 54 heavy (non-hydrogen) atoms. The highest BCUT2D eigenvalue weighted by atomic mass is 31.2. The molecule has 0 radical (unpaired) electrons. The van der Waals surface area contributed by atoms with Crippen molar-refractivity contribution in [2.45, 2.75) is 180 Å². The molecule has 0 rings (SSSR count). The fraction of sp³-hybridized carbons (Fsp3) is 0.762. The van der Waals surface area contributed by atoms with Gasteiger partial charge in [-0.3, -0.25) is 18.6 Å². The smallest absolute Gasteiger partial charge is 0.462 e. The van der Waals surface area contributed by atoms with Gasteiger partial charge in [0.2, 0.25) is 0 Å². The van der Waals surface area contributed by atoms with Gasteiger partial charge in [0.25, 0.3) is 0 Å². The maximum atomic E-state index is 12.6. The topological polar surface area (TPSA) is 169 Å². The SMILES string of the molecule is CCCCCCCCCCCCCCCC(=O)OC[C@H](COP(=O)(O)OC[C@@H](O)CO)OC(=O)CCC/C=C\C/C=C\C/C=C\C/C=C\CC[C@H](O)CC. The lowest BCUT2D eigenvalue weighted by molar-refractivity contribution is -0.161. The Hall–Kier alpha value is -2.11. The Balaban J connectivity index is 4.44. The van der Waals surface area contributed by atoms with Gasteiger partial charge >= 0.3 is 19.8 Å². The molecule has 0 saturated carbocycles. The molecule has 0 aliphatic rings. The molecular weight excluding hydrogens is 711 g/mol. The zero-order chi connectivity index (χ0) is 40.0. The van der Waals surface area contributed by atoms with Crippen LogP contribution in [-0.4, -0.2) is 76.9 Å². The van der Waals surface area contributed by atoms with Gasteiger partial charge in [-0.15, -0.1) is 0 Å². The number of hydrogen-bond acceptors (Lipinski definition) is 10. The van der Waals surface area contributed by atoms with Gasteiger partial charge in [-0.25, -0.2) is 4.57 Å². The van der Waals surface area contributed by atoms with E-state index < -0.39 is 51.8 Å². The predicted molar refractivity (Wildman–Crippen MR) is 216 cm³/mol. The first-order valence-corrected chi connectivity index (χ1v) is 22.2. The molecule has 0 spiro atoms. The van der Waals surface area contributed by atoms with Gasteiger partial charge in [0.15, 0.2) is 6.10 Å². The third-order valence-corrected chi connectivity index (χ3v) is 9.60. The quantitative estimate of drug-likeness (QED) is 0.0204. The van der Waals surface area contributed by atoms with Gasteiger partial charge in [-0.2, -0.15) is 0 Å². The van der Waals surface area contributed by atoms with Crippen LogP contribution in [0.5, 0.6) is 0 Å². The van der Waals surface area contributed by atoms with Crippen molar-refractivity contribution in [2.24, 2.45) is 0 Å². The average Bonchev–Trinajstić information content (AvgIpc) is 3.16. The van der Waals surface area contributed by atoms with Gasteiger partial charge in [0.05, 0.1) is 25.9 Å². The molecule has 4 N–H and O–H groups in total. The van der Waals surface area contributed by atoms with Gasteiger partial charge < -0.3 is 29.7 Å². The first-order chi connectivity index (χ1) is 26.1. The number of unbranched alkanes of at least 4 members (excludes halogenated alkanes) is 13. The van der Waals surface area contributed by atoms with E-state index in [-0.39, 0.29) is 25.6 Å².